The van der Waals surface area contributed by atoms with Gasteiger partial charge < -0.3 is 44.5 Å². The van der Waals surface area contributed by atoms with E-state index in [1.165, 1.54) is 23.1 Å². The van der Waals surface area contributed by atoms with Gasteiger partial charge in [0.15, 0.2) is 0 Å². The fourth-order valence-electron chi connectivity index (χ4n) is 4.91. The second-order valence-electron chi connectivity index (χ2n) is 12.9. The number of halogens is 3. The van der Waals surface area contributed by atoms with Crippen molar-refractivity contribution in [3.05, 3.63) is 54.2 Å². The highest BCUT2D eigenvalue weighted by atomic mass is 19.4. The molecule has 15 heteroatoms. The van der Waals surface area contributed by atoms with Crippen molar-refractivity contribution < 1.29 is 47.2 Å². The van der Waals surface area contributed by atoms with Crippen LogP contribution in [-0.4, -0.2) is 116 Å². The smallest absolute Gasteiger partial charge is 0.415 e. The molecule has 3 aromatic rings. The second kappa shape index (κ2) is 19.2. The molecule has 1 aromatic heterocycles. The Morgan fingerprint density at radius 1 is 1.00 bits per heavy atom. The molecule has 2 aromatic carbocycles. The van der Waals surface area contributed by atoms with E-state index < -0.39 is 30.5 Å². The highest BCUT2D eigenvalue weighted by Crippen LogP contribution is 2.31. The first-order valence-electron chi connectivity index (χ1n) is 16.5. The molecule has 4 N–H and O–H groups in total. The number of alkyl halides is 3. The number of rotatable bonds is 17. The molecule has 0 aliphatic carbocycles. The lowest BCUT2D eigenvalue weighted by Gasteiger charge is -2.26. The molecule has 0 radical (unpaired) electrons. The molecule has 1 heterocycles. The largest absolute Gasteiger partial charge is 0.508 e. The summed E-state index contributed by atoms with van der Waals surface area (Å²) in [5, 5.41) is 25.3. The minimum Gasteiger partial charge on any atom is -0.508 e. The van der Waals surface area contributed by atoms with E-state index in [1.807, 2.05) is 19.0 Å². The number of carbonyl (C=O) groups excluding carboxylic acids is 2. The van der Waals surface area contributed by atoms with Crippen LogP contribution in [0.15, 0.2) is 48.5 Å². The number of hydrogen-bond donors (Lipinski definition) is 4. The zero-order valence-corrected chi connectivity index (χ0v) is 29.7. The number of aromatic hydroxyl groups is 1. The van der Waals surface area contributed by atoms with Gasteiger partial charge in [0.2, 0.25) is 5.91 Å². The predicted molar refractivity (Wildman–Crippen MR) is 189 cm³/mol. The fourth-order valence-corrected chi connectivity index (χ4v) is 4.91. The fraction of sp³-hybridized carbons (Fsp3) is 0.500. The monoisotopic (exact) mass is 719 g/mol. The van der Waals surface area contributed by atoms with Crippen LogP contribution in [-0.2, 0) is 25.5 Å². The van der Waals surface area contributed by atoms with Crippen LogP contribution >= 0.6 is 0 Å². The van der Waals surface area contributed by atoms with E-state index in [2.05, 4.69) is 22.5 Å². The Morgan fingerprint density at radius 2 is 1.71 bits per heavy atom. The third kappa shape index (κ3) is 14.0. The Bertz CT molecular complexity index is 1640. The normalized spacial score (nSPS) is 12.4. The Labute approximate surface area is 296 Å². The van der Waals surface area contributed by atoms with Gasteiger partial charge in [-0.3, -0.25) is 9.69 Å². The van der Waals surface area contributed by atoms with Crippen LogP contribution in [0, 0.1) is 11.8 Å². The first-order chi connectivity index (χ1) is 24.1. The van der Waals surface area contributed by atoms with Crippen molar-refractivity contribution in [1.82, 2.24) is 14.8 Å². The summed E-state index contributed by atoms with van der Waals surface area (Å²) in [6, 6.07) is 11.6. The second-order valence-corrected chi connectivity index (χ2v) is 12.9. The molecule has 1 atom stereocenters. The number of amides is 2. The molecule has 1 unspecified atom stereocenters. The van der Waals surface area contributed by atoms with Crippen LogP contribution in [0.25, 0.3) is 10.9 Å². The minimum atomic E-state index is -4.57. The number of phenols is 1. The summed E-state index contributed by atoms with van der Waals surface area (Å²) in [4.78, 5) is 29.5. The van der Waals surface area contributed by atoms with Crippen LogP contribution in [0.1, 0.15) is 32.9 Å². The molecule has 3 rings (SSSR count). The van der Waals surface area contributed by atoms with Crippen LogP contribution in [0.5, 0.6) is 5.75 Å². The molecule has 51 heavy (non-hydrogen) atoms. The highest BCUT2D eigenvalue weighted by molar-refractivity contribution is 5.96. The van der Waals surface area contributed by atoms with Gasteiger partial charge in [0, 0.05) is 23.7 Å². The van der Waals surface area contributed by atoms with Crippen LogP contribution in [0.2, 0.25) is 0 Å². The zero-order valence-electron chi connectivity index (χ0n) is 29.7. The number of phenolic OH excluding ortho intramolecular Hbond substituents is 1. The van der Waals surface area contributed by atoms with E-state index >= 15 is 0 Å². The van der Waals surface area contributed by atoms with Gasteiger partial charge in [-0.1, -0.05) is 18.1 Å². The number of aromatic nitrogens is 1. The van der Waals surface area contributed by atoms with Crippen molar-refractivity contribution >= 4 is 34.3 Å². The number of aliphatic hydroxyl groups is 1. The van der Waals surface area contributed by atoms with Gasteiger partial charge in [-0.15, -0.1) is 0 Å². The topological polar surface area (TPSA) is 138 Å². The molecule has 280 valence electrons. The summed E-state index contributed by atoms with van der Waals surface area (Å²) >= 11 is 0. The van der Waals surface area contributed by atoms with Crippen LogP contribution in [0.4, 0.5) is 29.3 Å². The number of hydrogen-bond acceptors (Lipinski definition) is 9. The molecular weight excluding hydrogens is 671 g/mol. The van der Waals surface area contributed by atoms with Crippen molar-refractivity contribution in [3.63, 3.8) is 0 Å². The van der Waals surface area contributed by atoms with Gasteiger partial charge in [0.1, 0.15) is 23.9 Å². The summed E-state index contributed by atoms with van der Waals surface area (Å²) in [5.41, 5.74) is 0.200. The zero-order chi connectivity index (χ0) is 37.6. The summed E-state index contributed by atoms with van der Waals surface area (Å²) in [6.07, 6.45) is -4.92. The number of nitrogens with zero attached hydrogens (tertiary/aromatic N) is 3. The van der Waals surface area contributed by atoms with Gasteiger partial charge in [-0.2, -0.15) is 13.2 Å². The maximum atomic E-state index is 13.9. The third-order valence-corrected chi connectivity index (χ3v) is 7.16. The number of fused-ring (bicyclic) bond motifs is 1. The first-order valence-corrected chi connectivity index (χ1v) is 16.5. The van der Waals surface area contributed by atoms with Crippen molar-refractivity contribution in [1.29, 1.82) is 0 Å². The van der Waals surface area contributed by atoms with E-state index in [1.54, 1.807) is 51.1 Å². The lowest BCUT2D eigenvalue weighted by Crippen LogP contribution is -2.42. The van der Waals surface area contributed by atoms with E-state index in [9.17, 15) is 27.9 Å². The van der Waals surface area contributed by atoms with Crippen LogP contribution in [0.3, 0.4) is 0 Å². The summed E-state index contributed by atoms with van der Waals surface area (Å²) < 4.78 is 58.8. The molecule has 0 bridgehead atoms. The standard InChI is InChI=1S/C36H48F3N5O7/c1-35(2,3)51-34(48)43(26-9-6-11-28(46)23-26)16-8-10-27-24-29-30(12-7-13-32(29)44(27)25-36(37,38)39)41-31(14-17-42(4)5)33(47)40-15-19-49-21-22-50-20-18-45/h6-7,9,11-13,23-24,31,41,45-46H,14-22,25H2,1-5H3,(H,40,47). The van der Waals surface area contributed by atoms with E-state index in [0.29, 0.717) is 42.9 Å². The Hall–Kier alpha value is -4.49. The number of benzene rings is 2. The quantitative estimate of drug-likeness (QED) is 0.117. The highest BCUT2D eigenvalue weighted by Gasteiger charge is 2.30. The SMILES string of the molecule is CN(C)CCC(Nc1cccc2c1cc(C#CCN(C(=O)OC(C)(C)C)c1cccc(O)c1)n2CC(F)(F)F)C(=O)NCCOCCOCCO. The molecule has 12 nitrogen and oxygen atoms in total. The van der Waals surface area contributed by atoms with Gasteiger partial charge in [0.25, 0.3) is 0 Å². The van der Waals surface area contributed by atoms with Gasteiger partial charge in [0.05, 0.1) is 56.5 Å². The number of aliphatic hydroxyl groups excluding tert-OH is 1. The lowest BCUT2D eigenvalue weighted by atomic mass is 10.1. The summed E-state index contributed by atoms with van der Waals surface area (Å²) in [6.45, 7) is 5.29. The molecule has 0 saturated heterocycles. The molecule has 0 spiro atoms. The molecule has 2 amide bonds. The van der Waals surface area contributed by atoms with E-state index in [4.69, 9.17) is 19.3 Å². The van der Waals surface area contributed by atoms with Gasteiger partial charge in [-0.25, -0.2) is 4.79 Å². The van der Waals surface area contributed by atoms with E-state index in [0.717, 1.165) is 4.57 Å². The van der Waals surface area contributed by atoms with Crippen molar-refractivity contribution in [2.75, 3.05) is 77.0 Å². The number of ether oxygens (including phenoxy) is 3. The molecule has 0 fully saturated rings. The Balaban J connectivity index is 1.91. The maximum Gasteiger partial charge on any atom is 0.415 e. The molecule has 0 saturated carbocycles. The Morgan fingerprint density at radius 3 is 2.35 bits per heavy atom. The summed E-state index contributed by atoms with van der Waals surface area (Å²) in [5.74, 6) is 5.23. The summed E-state index contributed by atoms with van der Waals surface area (Å²) in [7, 11) is 3.74. The number of carbonyl (C=O) groups is 2. The maximum absolute atomic E-state index is 13.9. The average molecular weight is 720 g/mol. The van der Waals surface area contributed by atoms with Gasteiger partial charge >= 0.3 is 12.3 Å². The van der Waals surface area contributed by atoms with Crippen molar-refractivity contribution in [2.24, 2.45) is 0 Å². The third-order valence-electron chi connectivity index (χ3n) is 7.16. The minimum absolute atomic E-state index is 0.0473. The number of anilines is 2. The predicted octanol–water partition coefficient (Wildman–Crippen LogP) is 4.58. The molecule has 0 aliphatic rings. The Kier molecular flexibility index (Phi) is 15.4. The number of nitrogens with one attached hydrogen (secondary N) is 2. The van der Waals surface area contributed by atoms with E-state index in [-0.39, 0.29) is 55.8 Å². The van der Waals surface area contributed by atoms with Crippen molar-refractivity contribution in [3.8, 4) is 17.6 Å². The first kappa shape index (κ1) is 40.9. The van der Waals surface area contributed by atoms with Crippen molar-refractivity contribution in [2.45, 2.75) is 51.6 Å². The molecule has 0 aliphatic heterocycles. The van der Waals surface area contributed by atoms with Gasteiger partial charge in [-0.05, 0) is 84.1 Å². The van der Waals surface area contributed by atoms with Crippen LogP contribution < -0.4 is 15.5 Å². The lowest BCUT2D eigenvalue weighted by molar-refractivity contribution is -0.140. The average Bonchev–Trinajstić information content (AvgIpc) is 3.37. The molecular formula is C36H48F3N5O7.